The molecule has 0 aromatic rings. The molecule has 0 saturated carbocycles. The van der Waals surface area contributed by atoms with Crippen molar-refractivity contribution < 1.29 is 15.0 Å². The molecule has 2 atom stereocenters. The topological polar surface area (TPSA) is 69.6 Å². The van der Waals surface area contributed by atoms with Gasteiger partial charge in [-0.15, -0.1) is 0 Å². The standard InChI is InChI=1S/C77H133NO3/c1-3-5-7-9-11-13-15-17-19-21-23-25-27-29-31-33-35-36-37-38-39-40-41-42-43-45-47-49-51-53-55-57-59-61-63-65-67-69-71-73-77(81)78-75(74-79)76(80)72-70-68-66-64-62-60-58-56-54-52-50-48-46-44-34-32-30-28-26-24-22-20-18-16-14-12-10-8-6-4-2/h5,7,11,13,17,19,23,25,29,31,35-36,38-39,41-42,45,47,51,53,57,59,75-76,79-80H,3-4,6,8-10,12,14-16,18,20-22,24,26-28,30,32-34,37,40,43-44,46,48-50,52,54-56,58,60-74H2,1-2H3,(H,78,81)/b7-5-,13-11-,19-17-,25-23-,31-29-,36-35-,39-38-,42-41-,47-45-,53-51-,59-57-. The van der Waals surface area contributed by atoms with Crippen molar-refractivity contribution in [3.63, 3.8) is 0 Å². The van der Waals surface area contributed by atoms with Gasteiger partial charge < -0.3 is 15.5 Å². The Bertz CT molecular complexity index is 1600. The SMILES string of the molecule is CC/C=C\C/C=C\C/C=C\C/C=C\C/C=C\C/C=C\C/C=C\C/C=C\C/C=C\C/C=C\C/C=C\CCCCCCCC(=O)NC(CO)C(O)CCCCCCCCCCCCCCCCCCCCCCCCCCCCCCCC. The molecule has 0 aliphatic heterocycles. The molecule has 4 nitrogen and oxygen atoms in total. The van der Waals surface area contributed by atoms with E-state index in [2.05, 4.69) is 153 Å². The predicted octanol–water partition coefficient (Wildman–Crippen LogP) is 24.1. The van der Waals surface area contributed by atoms with Gasteiger partial charge in [0.1, 0.15) is 0 Å². The lowest BCUT2D eigenvalue weighted by Crippen LogP contribution is -2.45. The zero-order valence-electron chi connectivity index (χ0n) is 53.5. The van der Waals surface area contributed by atoms with Gasteiger partial charge in [0, 0.05) is 6.42 Å². The molecule has 0 aromatic carbocycles. The number of aliphatic hydroxyl groups is 2. The van der Waals surface area contributed by atoms with Crippen LogP contribution >= 0.6 is 0 Å². The molecule has 0 bridgehead atoms. The summed E-state index contributed by atoms with van der Waals surface area (Å²) in [4.78, 5) is 12.6. The van der Waals surface area contributed by atoms with Crippen LogP contribution in [0.5, 0.6) is 0 Å². The molecule has 0 saturated heterocycles. The van der Waals surface area contributed by atoms with Crippen LogP contribution in [-0.2, 0) is 4.79 Å². The highest BCUT2D eigenvalue weighted by Gasteiger charge is 2.20. The van der Waals surface area contributed by atoms with Crippen molar-refractivity contribution in [3.05, 3.63) is 134 Å². The Morgan fingerprint density at radius 3 is 0.815 bits per heavy atom. The van der Waals surface area contributed by atoms with Gasteiger partial charge in [0.15, 0.2) is 0 Å². The largest absolute Gasteiger partial charge is 0.394 e. The van der Waals surface area contributed by atoms with Crippen LogP contribution in [-0.4, -0.2) is 34.9 Å². The van der Waals surface area contributed by atoms with Crippen LogP contribution in [0.25, 0.3) is 0 Å². The minimum atomic E-state index is -0.680. The summed E-state index contributed by atoms with van der Waals surface area (Å²) in [6.45, 7) is 4.26. The maximum atomic E-state index is 12.6. The van der Waals surface area contributed by atoms with E-state index in [9.17, 15) is 15.0 Å². The quantitative estimate of drug-likeness (QED) is 0.0420. The molecule has 1 amide bonds. The fraction of sp³-hybridized carbons (Fsp3) is 0.701. The zero-order chi connectivity index (χ0) is 58.4. The molecule has 464 valence electrons. The van der Waals surface area contributed by atoms with Crippen molar-refractivity contribution in [1.82, 2.24) is 5.32 Å². The second-order valence-corrected chi connectivity index (χ2v) is 23.2. The third-order valence-corrected chi connectivity index (χ3v) is 15.4. The fourth-order valence-corrected chi connectivity index (χ4v) is 10.2. The van der Waals surface area contributed by atoms with E-state index in [1.165, 1.54) is 193 Å². The summed E-state index contributed by atoms with van der Waals surface area (Å²) in [7, 11) is 0. The Balaban J connectivity index is 3.57. The maximum absolute atomic E-state index is 12.6. The highest BCUT2D eigenvalue weighted by molar-refractivity contribution is 5.76. The Morgan fingerprint density at radius 2 is 0.543 bits per heavy atom. The van der Waals surface area contributed by atoms with E-state index in [0.717, 1.165) is 109 Å². The lowest BCUT2D eigenvalue weighted by Gasteiger charge is -2.22. The van der Waals surface area contributed by atoms with Gasteiger partial charge in [-0.05, 0) is 96.3 Å². The van der Waals surface area contributed by atoms with Gasteiger partial charge >= 0.3 is 0 Å². The smallest absolute Gasteiger partial charge is 0.220 e. The lowest BCUT2D eigenvalue weighted by atomic mass is 10.0. The first-order valence-electron chi connectivity index (χ1n) is 34.9. The first kappa shape index (κ1) is 77.5. The summed E-state index contributed by atoms with van der Waals surface area (Å²) >= 11 is 0. The van der Waals surface area contributed by atoms with Crippen LogP contribution in [0.4, 0.5) is 0 Å². The zero-order valence-corrected chi connectivity index (χ0v) is 53.5. The number of aliphatic hydroxyl groups excluding tert-OH is 2. The first-order valence-corrected chi connectivity index (χ1v) is 34.9. The van der Waals surface area contributed by atoms with E-state index in [1.807, 2.05) is 0 Å². The van der Waals surface area contributed by atoms with Crippen molar-refractivity contribution in [3.8, 4) is 0 Å². The molecular formula is C77H133NO3. The first-order chi connectivity index (χ1) is 40.2. The average molecular weight is 1120 g/mol. The number of rotatable bonds is 63. The van der Waals surface area contributed by atoms with Crippen LogP contribution < -0.4 is 5.32 Å². The monoisotopic (exact) mass is 1120 g/mol. The number of allylic oxidation sites excluding steroid dienone is 22. The van der Waals surface area contributed by atoms with Gasteiger partial charge in [0.05, 0.1) is 18.8 Å². The molecule has 0 fully saturated rings. The van der Waals surface area contributed by atoms with Gasteiger partial charge in [-0.25, -0.2) is 0 Å². The average Bonchev–Trinajstić information content (AvgIpc) is 3.47. The number of carbonyl (C=O) groups excluding carboxylic acids is 1. The fourth-order valence-electron chi connectivity index (χ4n) is 10.2. The number of carbonyl (C=O) groups is 1. The Hall–Kier alpha value is -3.47. The summed E-state index contributed by atoms with van der Waals surface area (Å²) < 4.78 is 0. The van der Waals surface area contributed by atoms with Crippen molar-refractivity contribution in [2.24, 2.45) is 0 Å². The van der Waals surface area contributed by atoms with Gasteiger partial charge in [0.25, 0.3) is 0 Å². The summed E-state index contributed by atoms with van der Waals surface area (Å²) in [6.07, 6.45) is 109. The molecule has 0 rings (SSSR count). The van der Waals surface area contributed by atoms with Gasteiger partial charge in [-0.1, -0.05) is 359 Å². The Kier molecular flexibility index (Phi) is 67.8. The van der Waals surface area contributed by atoms with E-state index in [-0.39, 0.29) is 12.5 Å². The second kappa shape index (κ2) is 70.8. The lowest BCUT2D eigenvalue weighted by molar-refractivity contribution is -0.123. The van der Waals surface area contributed by atoms with E-state index in [1.54, 1.807) is 0 Å². The minimum Gasteiger partial charge on any atom is -0.394 e. The molecular weight excluding hydrogens is 987 g/mol. The summed E-state index contributed by atoms with van der Waals surface area (Å²) in [5, 5.41) is 23.4. The Labute approximate surface area is 504 Å². The van der Waals surface area contributed by atoms with E-state index in [0.29, 0.717) is 12.8 Å². The molecule has 0 aliphatic rings. The third kappa shape index (κ3) is 67.2. The van der Waals surface area contributed by atoms with Crippen molar-refractivity contribution in [2.45, 2.75) is 341 Å². The van der Waals surface area contributed by atoms with Gasteiger partial charge in [0.2, 0.25) is 5.91 Å². The summed E-state index contributed by atoms with van der Waals surface area (Å²) in [5.74, 6) is -0.0514. The van der Waals surface area contributed by atoms with E-state index >= 15 is 0 Å². The van der Waals surface area contributed by atoms with Crippen LogP contribution in [0.3, 0.4) is 0 Å². The third-order valence-electron chi connectivity index (χ3n) is 15.4. The number of hydrogen-bond donors (Lipinski definition) is 3. The van der Waals surface area contributed by atoms with Gasteiger partial charge in [-0.2, -0.15) is 0 Å². The highest BCUT2D eigenvalue weighted by atomic mass is 16.3. The Morgan fingerprint density at radius 1 is 0.309 bits per heavy atom. The highest BCUT2D eigenvalue weighted by Crippen LogP contribution is 2.18. The maximum Gasteiger partial charge on any atom is 0.220 e. The molecule has 0 aromatic heterocycles. The molecule has 2 unspecified atom stereocenters. The number of amides is 1. The normalized spacial score (nSPS) is 13.6. The number of nitrogens with one attached hydrogen (secondary N) is 1. The van der Waals surface area contributed by atoms with Crippen LogP contribution in [0.2, 0.25) is 0 Å². The molecule has 81 heavy (non-hydrogen) atoms. The van der Waals surface area contributed by atoms with Crippen molar-refractivity contribution in [1.29, 1.82) is 0 Å². The van der Waals surface area contributed by atoms with Gasteiger partial charge in [-0.3, -0.25) is 4.79 Å². The van der Waals surface area contributed by atoms with Crippen LogP contribution in [0, 0.1) is 0 Å². The van der Waals surface area contributed by atoms with Crippen LogP contribution in [0.1, 0.15) is 328 Å². The number of unbranched alkanes of at least 4 members (excludes halogenated alkanes) is 34. The van der Waals surface area contributed by atoms with Crippen LogP contribution in [0.15, 0.2) is 134 Å². The summed E-state index contributed by atoms with van der Waals surface area (Å²) in [5.41, 5.74) is 0. The number of hydrogen-bond acceptors (Lipinski definition) is 3. The predicted molar refractivity (Wildman–Crippen MR) is 363 cm³/mol. The van der Waals surface area contributed by atoms with E-state index in [4.69, 9.17) is 0 Å². The minimum absolute atomic E-state index is 0.0514. The summed E-state index contributed by atoms with van der Waals surface area (Å²) in [6, 6.07) is -0.559. The molecule has 0 aliphatic carbocycles. The second-order valence-electron chi connectivity index (χ2n) is 23.2. The van der Waals surface area contributed by atoms with Crippen molar-refractivity contribution >= 4 is 5.91 Å². The molecule has 4 heteroatoms. The molecule has 0 spiro atoms. The van der Waals surface area contributed by atoms with E-state index < -0.39 is 12.1 Å². The molecule has 3 N–H and O–H groups in total. The van der Waals surface area contributed by atoms with Crippen molar-refractivity contribution in [2.75, 3.05) is 6.61 Å². The molecule has 0 heterocycles. The molecule has 0 radical (unpaired) electrons.